The van der Waals surface area contributed by atoms with Crippen LogP contribution in [0.1, 0.15) is 53.4 Å². The van der Waals surface area contributed by atoms with Gasteiger partial charge in [-0.3, -0.25) is 0 Å². The summed E-state index contributed by atoms with van der Waals surface area (Å²) in [6.45, 7) is 8.63. The molecule has 1 heteroatoms. The largest absolute Gasteiger partial charge is 0.386 e. The van der Waals surface area contributed by atoms with Crippen LogP contribution in [0.4, 0.5) is 0 Å². The van der Waals surface area contributed by atoms with E-state index in [1.807, 2.05) is 13.0 Å². The number of hydrogen-bond donors (Lipinski definition) is 1. The van der Waals surface area contributed by atoms with Crippen molar-refractivity contribution < 1.29 is 5.11 Å². The van der Waals surface area contributed by atoms with Gasteiger partial charge >= 0.3 is 0 Å². The second-order valence-electron chi connectivity index (χ2n) is 5.75. The van der Waals surface area contributed by atoms with Crippen LogP contribution in [0.3, 0.4) is 0 Å². The van der Waals surface area contributed by atoms with Gasteiger partial charge in [0.2, 0.25) is 0 Å². The number of rotatable bonds is 1. The highest BCUT2D eigenvalue weighted by Gasteiger charge is 2.18. The summed E-state index contributed by atoms with van der Waals surface area (Å²) >= 11 is 0. The molecule has 0 aromatic carbocycles. The Bertz CT molecular complexity index is 271. The SMILES string of the molecule is C/C1=C\CCC(C)(O)/C=C/C(C(C)C)CC1. The second kappa shape index (κ2) is 5.67. The van der Waals surface area contributed by atoms with E-state index in [-0.39, 0.29) is 0 Å². The van der Waals surface area contributed by atoms with Gasteiger partial charge in [-0.1, -0.05) is 37.6 Å². The monoisotopic (exact) mass is 222 g/mol. The van der Waals surface area contributed by atoms with Gasteiger partial charge in [0, 0.05) is 0 Å². The summed E-state index contributed by atoms with van der Waals surface area (Å²) in [5.74, 6) is 1.24. The lowest BCUT2D eigenvalue weighted by atomic mass is 9.86. The van der Waals surface area contributed by atoms with Gasteiger partial charge in [0.25, 0.3) is 0 Å². The quantitative estimate of drug-likeness (QED) is 0.663. The van der Waals surface area contributed by atoms with Gasteiger partial charge < -0.3 is 5.11 Å². The summed E-state index contributed by atoms with van der Waals surface area (Å²) in [4.78, 5) is 0. The molecule has 0 saturated carbocycles. The smallest absolute Gasteiger partial charge is 0.0802 e. The maximum absolute atomic E-state index is 10.2. The molecule has 1 rings (SSSR count). The molecule has 0 aromatic heterocycles. The molecule has 1 nitrogen and oxygen atoms in total. The molecular formula is C15H26O. The summed E-state index contributed by atoms with van der Waals surface area (Å²) < 4.78 is 0. The Morgan fingerprint density at radius 3 is 2.75 bits per heavy atom. The molecule has 0 bridgehead atoms. The van der Waals surface area contributed by atoms with Crippen LogP contribution in [0.15, 0.2) is 23.8 Å². The van der Waals surface area contributed by atoms with Crippen LogP contribution in [0.2, 0.25) is 0 Å². The van der Waals surface area contributed by atoms with Crippen LogP contribution >= 0.6 is 0 Å². The van der Waals surface area contributed by atoms with Crippen LogP contribution < -0.4 is 0 Å². The van der Waals surface area contributed by atoms with Crippen molar-refractivity contribution in [1.29, 1.82) is 0 Å². The molecule has 2 unspecified atom stereocenters. The predicted octanol–water partition coefficient (Wildman–Crippen LogP) is 4.09. The van der Waals surface area contributed by atoms with Crippen LogP contribution in [-0.2, 0) is 0 Å². The van der Waals surface area contributed by atoms with E-state index in [9.17, 15) is 5.11 Å². The Balaban J connectivity index is 2.79. The number of hydrogen-bond acceptors (Lipinski definition) is 1. The van der Waals surface area contributed by atoms with Gasteiger partial charge in [0.05, 0.1) is 5.60 Å². The molecule has 0 heterocycles. The molecule has 1 aliphatic rings. The van der Waals surface area contributed by atoms with Gasteiger partial charge in [-0.15, -0.1) is 0 Å². The minimum atomic E-state index is -0.638. The first-order valence-corrected chi connectivity index (χ1v) is 6.48. The fourth-order valence-corrected chi connectivity index (χ4v) is 2.17. The molecule has 1 aliphatic carbocycles. The number of aliphatic hydroxyl groups is 1. The van der Waals surface area contributed by atoms with E-state index in [2.05, 4.69) is 32.9 Å². The highest BCUT2D eigenvalue weighted by Crippen LogP contribution is 2.25. The van der Waals surface area contributed by atoms with Crippen LogP contribution in [-0.4, -0.2) is 10.7 Å². The standard InChI is InChI=1S/C15H26O/c1-12(2)14-8-7-13(3)6-5-10-15(4,16)11-9-14/h6,9,11-12,14,16H,5,7-8,10H2,1-4H3/b11-9+,13-6+. The van der Waals surface area contributed by atoms with Crippen LogP contribution in [0.25, 0.3) is 0 Å². The molecule has 0 aromatic rings. The maximum atomic E-state index is 10.2. The van der Waals surface area contributed by atoms with Gasteiger partial charge in [0.15, 0.2) is 0 Å². The Hall–Kier alpha value is -0.560. The van der Waals surface area contributed by atoms with Crippen LogP contribution in [0, 0.1) is 11.8 Å². The van der Waals surface area contributed by atoms with Crippen molar-refractivity contribution in [2.45, 2.75) is 59.0 Å². The highest BCUT2D eigenvalue weighted by atomic mass is 16.3. The summed E-state index contributed by atoms with van der Waals surface area (Å²) in [5, 5.41) is 10.2. The molecule has 0 amide bonds. The topological polar surface area (TPSA) is 20.2 Å². The second-order valence-corrected chi connectivity index (χ2v) is 5.75. The fraction of sp³-hybridized carbons (Fsp3) is 0.733. The van der Waals surface area contributed by atoms with Crippen molar-refractivity contribution in [3.8, 4) is 0 Å². The third-order valence-electron chi connectivity index (χ3n) is 3.57. The van der Waals surface area contributed by atoms with E-state index in [0.717, 1.165) is 12.8 Å². The van der Waals surface area contributed by atoms with E-state index >= 15 is 0 Å². The lowest BCUT2D eigenvalue weighted by Crippen LogP contribution is -2.21. The molecule has 0 saturated heterocycles. The van der Waals surface area contributed by atoms with Crippen molar-refractivity contribution in [3.05, 3.63) is 23.8 Å². The molecule has 1 N–H and O–H groups in total. The molecule has 0 fully saturated rings. The molecule has 0 aliphatic heterocycles. The van der Waals surface area contributed by atoms with Gasteiger partial charge in [-0.2, -0.15) is 0 Å². The molecule has 0 spiro atoms. The lowest BCUT2D eigenvalue weighted by molar-refractivity contribution is 0.102. The Labute approximate surface area is 100 Å². The van der Waals surface area contributed by atoms with Crippen molar-refractivity contribution in [2.24, 2.45) is 11.8 Å². The summed E-state index contributed by atoms with van der Waals surface area (Å²) in [6, 6.07) is 0. The van der Waals surface area contributed by atoms with Crippen molar-refractivity contribution in [1.82, 2.24) is 0 Å². The minimum absolute atomic E-state index is 0.591. The average Bonchev–Trinajstić information content (AvgIpc) is 2.16. The van der Waals surface area contributed by atoms with E-state index in [1.165, 1.54) is 18.4 Å². The minimum Gasteiger partial charge on any atom is -0.386 e. The van der Waals surface area contributed by atoms with Gasteiger partial charge in [-0.05, 0) is 51.4 Å². The summed E-state index contributed by atoms with van der Waals surface area (Å²) in [7, 11) is 0. The maximum Gasteiger partial charge on any atom is 0.0802 e. The van der Waals surface area contributed by atoms with Gasteiger partial charge in [0.1, 0.15) is 0 Å². The van der Waals surface area contributed by atoms with Crippen molar-refractivity contribution in [2.75, 3.05) is 0 Å². The van der Waals surface area contributed by atoms with E-state index in [1.54, 1.807) is 0 Å². The zero-order valence-electron chi connectivity index (χ0n) is 11.2. The van der Waals surface area contributed by atoms with Crippen LogP contribution in [0.5, 0.6) is 0 Å². The number of allylic oxidation sites excluding steroid dienone is 3. The molecule has 0 radical (unpaired) electrons. The van der Waals surface area contributed by atoms with E-state index in [4.69, 9.17) is 0 Å². The Morgan fingerprint density at radius 2 is 2.12 bits per heavy atom. The third kappa shape index (κ3) is 4.52. The molecule has 16 heavy (non-hydrogen) atoms. The first-order valence-electron chi connectivity index (χ1n) is 6.48. The Kier molecular flexibility index (Phi) is 4.79. The summed E-state index contributed by atoms with van der Waals surface area (Å²) in [5.41, 5.74) is 0.832. The molecule has 2 atom stereocenters. The lowest BCUT2D eigenvalue weighted by Gasteiger charge is -2.23. The molecule has 92 valence electrons. The highest BCUT2D eigenvalue weighted by molar-refractivity contribution is 5.07. The van der Waals surface area contributed by atoms with E-state index < -0.39 is 5.60 Å². The first-order chi connectivity index (χ1) is 7.41. The zero-order chi connectivity index (χ0) is 12.2. The average molecular weight is 222 g/mol. The Morgan fingerprint density at radius 1 is 1.44 bits per heavy atom. The van der Waals surface area contributed by atoms with E-state index in [0.29, 0.717) is 11.8 Å². The van der Waals surface area contributed by atoms with Gasteiger partial charge in [-0.25, -0.2) is 0 Å². The normalized spacial score (nSPS) is 37.9. The third-order valence-corrected chi connectivity index (χ3v) is 3.57. The first kappa shape index (κ1) is 13.5. The van der Waals surface area contributed by atoms with Crippen molar-refractivity contribution in [3.63, 3.8) is 0 Å². The fourth-order valence-electron chi connectivity index (χ4n) is 2.17. The van der Waals surface area contributed by atoms with Crippen molar-refractivity contribution >= 4 is 0 Å². The molecular weight excluding hydrogens is 196 g/mol. The predicted molar refractivity (Wildman–Crippen MR) is 70.3 cm³/mol. The summed E-state index contributed by atoms with van der Waals surface area (Å²) in [6.07, 6.45) is 10.7. The zero-order valence-corrected chi connectivity index (χ0v) is 11.2.